The van der Waals surface area contributed by atoms with Gasteiger partial charge >= 0.3 is 5.97 Å². The number of hydrogen-bond donors (Lipinski definition) is 2. The summed E-state index contributed by atoms with van der Waals surface area (Å²) in [6.07, 6.45) is -0.183. The maximum absolute atomic E-state index is 12.1. The minimum Gasteiger partial charge on any atom is -0.481 e. The molecule has 2 N–H and O–H groups in total. The zero-order valence-corrected chi connectivity index (χ0v) is 13.3. The summed E-state index contributed by atoms with van der Waals surface area (Å²) in [6, 6.07) is 9.69. The third-order valence-electron chi connectivity index (χ3n) is 2.30. The van der Waals surface area contributed by atoms with Gasteiger partial charge in [0.15, 0.2) is 0 Å². The Labute approximate surface area is 128 Å². The van der Waals surface area contributed by atoms with Crippen LogP contribution in [0, 0.1) is 0 Å². The molecule has 0 bridgehead atoms. The largest absolute Gasteiger partial charge is 0.481 e. The van der Waals surface area contributed by atoms with Gasteiger partial charge in [0.2, 0.25) is 0 Å². The molecular formula is C12H10BrNO4S2. The lowest BCUT2D eigenvalue weighted by atomic mass is 10.3. The van der Waals surface area contributed by atoms with E-state index in [0.717, 1.165) is 15.8 Å². The summed E-state index contributed by atoms with van der Waals surface area (Å²) in [5, 5.41) is 8.68. The predicted octanol–water partition coefficient (Wildman–Crippen LogP) is 2.94. The fourth-order valence-electron chi connectivity index (χ4n) is 1.50. The Hall–Kier alpha value is -1.38. The number of halogens is 1. The average molecular weight is 376 g/mol. The fourth-order valence-corrected chi connectivity index (χ4v) is 4.30. The number of aliphatic carboxylic acids is 1. The van der Waals surface area contributed by atoms with Gasteiger partial charge in [-0.3, -0.25) is 9.52 Å². The molecule has 20 heavy (non-hydrogen) atoms. The number of carboxylic acid groups (broad SMARTS) is 1. The van der Waals surface area contributed by atoms with Crippen molar-refractivity contribution in [1.29, 1.82) is 0 Å². The predicted molar refractivity (Wildman–Crippen MR) is 80.6 cm³/mol. The second kappa shape index (κ2) is 5.94. The van der Waals surface area contributed by atoms with E-state index in [4.69, 9.17) is 5.11 Å². The highest BCUT2D eigenvalue weighted by Crippen LogP contribution is 2.25. The quantitative estimate of drug-likeness (QED) is 0.841. The Balaban J connectivity index is 2.22. The smallest absolute Gasteiger partial charge is 0.308 e. The number of rotatable bonds is 5. The van der Waals surface area contributed by atoms with Crippen molar-refractivity contribution in [2.75, 3.05) is 4.72 Å². The summed E-state index contributed by atoms with van der Waals surface area (Å²) in [7, 11) is -3.69. The molecule has 0 spiro atoms. The summed E-state index contributed by atoms with van der Waals surface area (Å²) in [4.78, 5) is 11.1. The average Bonchev–Trinajstić information content (AvgIpc) is 2.76. The third kappa shape index (κ3) is 3.81. The second-order valence-corrected chi connectivity index (χ2v) is 7.90. The van der Waals surface area contributed by atoms with E-state index in [1.165, 1.54) is 12.1 Å². The molecule has 0 amide bonds. The Morgan fingerprint density at radius 3 is 2.70 bits per heavy atom. The molecule has 0 saturated carbocycles. The molecule has 0 aliphatic rings. The van der Waals surface area contributed by atoms with Crippen LogP contribution in [0.25, 0.3) is 0 Å². The molecule has 2 aromatic rings. The molecule has 106 valence electrons. The highest BCUT2D eigenvalue weighted by Gasteiger charge is 2.17. The van der Waals surface area contributed by atoms with Gasteiger partial charge in [0.1, 0.15) is 4.21 Å². The molecule has 1 aromatic carbocycles. The van der Waals surface area contributed by atoms with Crippen molar-refractivity contribution in [2.24, 2.45) is 0 Å². The summed E-state index contributed by atoms with van der Waals surface area (Å²) >= 11 is 4.21. The van der Waals surface area contributed by atoms with Crippen LogP contribution in [-0.4, -0.2) is 19.5 Å². The maximum Gasteiger partial charge on any atom is 0.308 e. The number of sulfonamides is 1. The normalized spacial score (nSPS) is 11.2. The lowest BCUT2D eigenvalue weighted by Crippen LogP contribution is -2.11. The van der Waals surface area contributed by atoms with Gasteiger partial charge in [-0.15, -0.1) is 11.3 Å². The van der Waals surface area contributed by atoms with Crippen LogP contribution in [0.2, 0.25) is 0 Å². The van der Waals surface area contributed by atoms with Crippen LogP contribution in [-0.2, 0) is 21.2 Å². The number of carboxylic acids is 1. The lowest BCUT2D eigenvalue weighted by Gasteiger charge is -2.06. The second-order valence-electron chi connectivity index (χ2n) is 3.91. The maximum atomic E-state index is 12.1. The highest BCUT2D eigenvalue weighted by molar-refractivity contribution is 9.10. The van der Waals surface area contributed by atoms with Crippen molar-refractivity contribution in [3.8, 4) is 0 Å². The van der Waals surface area contributed by atoms with Crippen molar-refractivity contribution in [1.82, 2.24) is 0 Å². The first kappa shape index (κ1) is 15.0. The number of hydrogen-bond acceptors (Lipinski definition) is 4. The zero-order chi connectivity index (χ0) is 14.8. The van der Waals surface area contributed by atoms with Crippen LogP contribution in [0.1, 0.15) is 4.88 Å². The summed E-state index contributed by atoms with van der Waals surface area (Å²) in [5.41, 5.74) is 0.438. The van der Waals surface area contributed by atoms with Gasteiger partial charge in [-0.1, -0.05) is 22.0 Å². The molecule has 1 aromatic heterocycles. The van der Waals surface area contributed by atoms with Crippen molar-refractivity contribution in [2.45, 2.75) is 10.6 Å². The van der Waals surface area contributed by atoms with Crippen LogP contribution in [0.5, 0.6) is 0 Å². The van der Waals surface area contributed by atoms with E-state index in [2.05, 4.69) is 20.7 Å². The highest BCUT2D eigenvalue weighted by atomic mass is 79.9. The van der Waals surface area contributed by atoms with Gasteiger partial charge in [-0.25, -0.2) is 8.42 Å². The van der Waals surface area contributed by atoms with E-state index >= 15 is 0 Å². The number of benzene rings is 1. The minimum atomic E-state index is -3.69. The first-order valence-electron chi connectivity index (χ1n) is 5.46. The van der Waals surface area contributed by atoms with Gasteiger partial charge in [-0.2, -0.15) is 0 Å². The van der Waals surface area contributed by atoms with Gasteiger partial charge in [0.25, 0.3) is 10.0 Å². The monoisotopic (exact) mass is 375 g/mol. The first-order valence-corrected chi connectivity index (χ1v) is 8.55. The molecule has 0 radical (unpaired) electrons. The molecular weight excluding hydrogens is 366 g/mol. The van der Waals surface area contributed by atoms with E-state index in [1.54, 1.807) is 24.3 Å². The Bertz CT molecular complexity index is 739. The van der Waals surface area contributed by atoms with Crippen LogP contribution in [0.4, 0.5) is 5.69 Å². The lowest BCUT2D eigenvalue weighted by molar-refractivity contribution is -0.136. The number of nitrogens with one attached hydrogen (secondary N) is 1. The topological polar surface area (TPSA) is 83.5 Å². The van der Waals surface area contributed by atoms with E-state index < -0.39 is 16.0 Å². The molecule has 5 nitrogen and oxygen atoms in total. The molecule has 8 heteroatoms. The van der Waals surface area contributed by atoms with E-state index in [1.807, 2.05) is 0 Å². The fraction of sp³-hybridized carbons (Fsp3) is 0.0833. The number of anilines is 1. The van der Waals surface area contributed by atoms with Crippen LogP contribution >= 0.6 is 27.3 Å². The van der Waals surface area contributed by atoms with E-state index in [-0.39, 0.29) is 10.6 Å². The molecule has 0 fully saturated rings. The van der Waals surface area contributed by atoms with Gasteiger partial charge < -0.3 is 5.11 Å². The van der Waals surface area contributed by atoms with Gasteiger partial charge in [0, 0.05) is 15.0 Å². The molecule has 0 aliphatic carbocycles. The standard InChI is InChI=1S/C12H10BrNO4S2/c13-8-2-1-3-9(6-8)14-20(17,18)12-5-4-10(19-12)7-11(15)16/h1-6,14H,7H2,(H,15,16). The van der Waals surface area contributed by atoms with Crippen molar-refractivity contribution >= 4 is 48.9 Å². The van der Waals surface area contributed by atoms with Crippen LogP contribution < -0.4 is 4.72 Å². The molecule has 1 heterocycles. The minimum absolute atomic E-state index is 0.0914. The number of carbonyl (C=O) groups is 1. The van der Waals surface area contributed by atoms with Gasteiger partial charge in [-0.05, 0) is 30.3 Å². The molecule has 0 saturated heterocycles. The Morgan fingerprint density at radius 1 is 1.30 bits per heavy atom. The Morgan fingerprint density at radius 2 is 2.05 bits per heavy atom. The first-order chi connectivity index (χ1) is 9.37. The van der Waals surface area contributed by atoms with Crippen LogP contribution in [0.3, 0.4) is 0 Å². The Kier molecular flexibility index (Phi) is 4.46. The van der Waals surface area contributed by atoms with Crippen molar-refractivity contribution in [3.63, 3.8) is 0 Å². The summed E-state index contributed by atoms with van der Waals surface area (Å²) in [5.74, 6) is -0.990. The molecule has 0 unspecified atom stereocenters. The zero-order valence-electron chi connectivity index (χ0n) is 10.0. The summed E-state index contributed by atoms with van der Waals surface area (Å²) < 4.78 is 27.6. The number of thiophene rings is 1. The van der Waals surface area contributed by atoms with Crippen molar-refractivity contribution < 1.29 is 18.3 Å². The molecule has 2 rings (SSSR count). The van der Waals surface area contributed by atoms with Crippen LogP contribution in [0.15, 0.2) is 45.1 Å². The summed E-state index contributed by atoms with van der Waals surface area (Å²) in [6.45, 7) is 0. The SMILES string of the molecule is O=C(O)Cc1ccc(S(=O)(=O)Nc2cccc(Br)c2)s1. The molecule has 0 aliphatic heterocycles. The van der Waals surface area contributed by atoms with Gasteiger partial charge in [0.05, 0.1) is 6.42 Å². The van der Waals surface area contributed by atoms with E-state index in [0.29, 0.717) is 10.6 Å². The molecule has 0 atom stereocenters. The van der Waals surface area contributed by atoms with E-state index in [9.17, 15) is 13.2 Å². The van der Waals surface area contributed by atoms with Crippen molar-refractivity contribution in [3.05, 3.63) is 45.7 Å². The third-order valence-corrected chi connectivity index (χ3v) is 5.76.